The average Bonchev–Trinajstić information content (AvgIpc) is 3.26. The molecule has 9 nitrogen and oxygen atoms in total. The Kier molecular flexibility index (Phi) is 5.17. The largest absolute Gasteiger partial charge is 0.463 e. The van der Waals surface area contributed by atoms with Crippen molar-refractivity contribution in [1.82, 2.24) is 19.4 Å². The van der Waals surface area contributed by atoms with Crippen molar-refractivity contribution < 1.29 is 14.0 Å². The molecule has 0 bridgehead atoms. The van der Waals surface area contributed by atoms with Gasteiger partial charge in [-0.15, -0.1) is 0 Å². The van der Waals surface area contributed by atoms with Gasteiger partial charge in [-0.25, -0.2) is 9.97 Å². The van der Waals surface area contributed by atoms with E-state index in [9.17, 15) is 14.4 Å². The number of anilines is 1. The van der Waals surface area contributed by atoms with E-state index in [1.807, 2.05) is 0 Å². The van der Waals surface area contributed by atoms with Crippen LogP contribution in [0.4, 0.5) is 5.13 Å². The lowest BCUT2D eigenvalue weighted by molar-refractivity contribution is -0.116. The molecule has 3 aromatic heterocycles. The normalized spacial score (nSPS) is 10.6. The maximum absolute atomic E-state index is 12.2. The van der Waals surface area contributed by atoms with Crippen molar-refractivity contribution in [2.45, 2.75) is 13.5 Å². The van der Waals surface area contributed by atoms with Crippen LogP contribution in [-0.2, 0) is 11.3 Å². The van der Waals surface area contributed by atoms with Crippen molar-refractivity contribution in [2.24, 2.45) is 0 Å². The minimum absolute atomic E-state index is 0.181. The molecule has 0 radical (unpaired) electrons. The van der Waals surface area contributed by atoms with E-state index in [1.54, 1.807) is 33.2 Å². The summed E-state index contributed by atoms with van der Waals surface area (Å²) < 4.78 is 6.37. The van der Waals surface area contributed by atoms with E-state index in [1.165, 1.54) is 28.1 Å². The molecule has 3 heterocycles. The Labute approximate surface area is 158 Å². The summed E-state index contributed by atoms with van der Waals surface area (Å²) in [6, 6.07) is 4.69. The fourth-order valence-electron chi connectivity index (χ4n) is 2.27. The lowest BCUT2D eigenvalue weighted by atomic mass is 10.3. The number of aryl methyl sites for hydroxylation is 1. The molecule has 0 saturated heterocycles. The number of hydrogen-bond donors (Lipinski definition) is 1. The predicted molar refractivity (Wildman–Crippen MR) is 99.7 cm³/mol. The van der Waals surface area contributed by atoms with Crippen molar-refractivity contribution in [3.63, 3.8) is 0 Å². The summed E-state index contributed by atoms with van der Waals surface area (Å²) in [6.45, 7) is 1.48. The van der Waals surface area contributed by atoms with Crippen LogP contribution in [0.2, 0.25) is 0 Å². The summed E-state index contributed by atoms with van der Waals surface area (Å²) >= 11 is 1.09. The van der Waals surface area contributed by atoms with Crippen molar-refractivity contribution in [1.29, 1.82) is 0 Å². The Morgan fingerprint density at radius 2 is 2.15 bits per heavy atom. The first-order valence-corrected chi connectivity index (χ1v) is 8.76. The average molecular weight is 387 g/mol. The van der Waals surface area contributed by atoms with Crippen LogP contribution in [0.5, 0.6) is 0 Å². The van der Waals surface area contributed by atoms with E-state index in [2.05, 4.69) is 15.3 Å². The highest BCUT2D eigenvalue weighted by atomic mass is 32.1. The van der Waals surface area contributed by atoms with Crippen LogP contribution in [0.1, 0.15) is 15.4 Å². The molecule has 3 aromatic rings. The molecule has 140 valence electrons. The highest BCUT2D eigenvalue weighted by molar-refractivity contribution is 7.17. The molecule has 2 amide bonds. The molecule has 0 aliphatic heterocycles. The fourth-order valence-corrected chi connectivity index (χ4v) is 3.27. The number of hydrogen-bond acceptors (Lipinski definition) is 7. The molecule has 0 aliphatic rings. The SMILES string of the molecule is Cc1nc(NC(=O)Cn2cnc(-c3ccco3)cc2=O)sc1C(=O)N(C)C. The highest BCUT2D eigenvalue weighted by Gasteiger charge is 2.18. The number of rotatable bonds is 5. The molecule has 10 heteroatoms. The Morgan fingerprint density at radius 3 is 2.78 bits per heavy atom. The lowest BCUT2D eigenvalue weighted by Gasteiger charge is -2.07. The van der Waals surface area contributed by atoms with E-state index in [0.29, 0.717) is 27.2 Å². The van der Waals surface area contributed by atoms with Crippen molar-refractivity contribution in [3.8, 4) is 11.5 Å². The molecule has 0 fully saturated rings. The first-order valence-electron chi connectivity index (χ1n) is 7.94. The van der Waals surface area contributed by atoms with Crippen LogP contribution in [0.3, 0.4) is 0 Å². The quantitative estimate of drug-likeness (QED) is 0.712. The Bertz CT molecular complexity index is 1040. The number of nitrogens with zero attached hydrogens (tertiary/aromatic N) is 4. The second-order valence-electron chi connectivity index (χ2n) is 5.90. The van der Waals surface area contributed by atoms with Crippen LogP contribution in [0, 0.1) is 6.92 Å². The predicted octanol–water partition coefficient (Wildman–Crippen LogP) is 1.61. The topological polar surface area (TPSA) is 110 Å². The van der Waals surface area contributed by atoms with E-state index < -0.39 is 5.91 Å². The van der Waals surface area contributed by atoms with Crippen molar-refractivity contribution in [3.05, 3.63) is 51.7 Å². The molecule has 0 atom stereocenters. The van der Waals surface area contributed by atoms with Crippen molar-refractivity contribution >= 4 is 28.3 Å². The summed E-state index contributed by atoms with van der Waals surface area (Å²) in [5, 5.41) is 2.91. The second-order valence-corrected chi connectivity index (χ2v) is 6.90. The molecular weight excluding hydrogens is 370 g/mol. The molecule has 0 aliphatic carbocycles. The number of nitrogens with one attached hydrogen (secondary N) is 1. The van der Waals surface area contributed by atoms with E-state index in [-0.39, 0.29) is 18.0 Å². The lowest BCUT2D eigenvalue weighted by Crippen LogP contribution is -2.27. The third kappa shape index (κ3) is 4.11. The van der Waals surface area contributed by atoms with Crippen LogP contribution in [-0.4, -0.2) is 45.3 Å². The molecule has 0 saturated carbocycles. The number of carbonyl (C=O) groups is 2. The van der Waals surface area contributed by atoms with Gasteiger partial charge >= 0.3 is 0 Å². The molecule has 0 spiro atoms. The van der Waals surface area contributed by atoms with Gasteiger partial charge in [0.2, 0.25) is 5.91 Å². The monoisotopic (exact) mass is 387 g/mol. The molecular formula is C17H17N5O4S. The maximum atomic E-state index is 12.2. The Morgan fingerprint density at radius 1 is 1.37 bits per heavy atom. The zero-order chi connectivity index (χ0) is 19.6. The zero-order valence-corrected chi connectivity index (χ0v) is 15.7. The summed E-state index contributed by atoms with van der Waals surface area (Å²) in [4.78, 5) is 46.7. The van der Waals surface area contributed by atoms with E-state index in [4.69, 9.17) is 4.42 Å². The molecule has 0 aromatic carbocycles. The summed E-state index contributed by atoms with van der Waals surface area (Å²) in [5.74, 6) is -0.151. The van der Waals surface area contributed by atoms with Crippen LogP contribution < -0.4 is 10.9 Å². The van der Waals surface area contributed by atoms with Gasteiger partial charge in [0.25, 0.3) is 11.5 Å². The third-order valence-corrected chi connectivity index (χ3v) is 4.67. The van der Waals surface area contributed by atoms with E-state index >= 15 is 0 Å². The molecule has 0 unspecified atom stereocenters. The van der Waals surface area contributed by atoms with Gasteiger partial charge in [0.1, 0.15) is 17.1 Å². The number of furan rings is 1. The smallest absolute Gasteiger partial charge is 0.265 e. The van der Waals surface area contributed by atoms with Gasteiger partial charge in [0.05, 0.1) is 18.3 Å². The number of thiazole rings is 1. The van der Waals surface area contributed by atoms with Gasteiger partial charge in [-0.05, 0) is 19.1 Å². The van der Waals surface area contributed by atoms with Gasteiger partial charge in [0.15, 0.2) is 10.9 Å². The summed E-state index contributed by atoms with van der Waals surface area (Å²) in [6.07, 6.45) is 2.77. The van der Waals surface area contributed by atoms with E-state index in [0.717, 1.165) is 11.3 Å². The third-order valence-electron chi connectivity index (χ3n) is 3.61. The number of amides is 2. The van der Waals surface area contributed by atoms with Gasteiger partial charge in [0, 0.05) is 20.2 Å². The van der Waals surface area contributed by atoms with Gasteiger partial charge < -0.3 is 14.6 Å². The number of aromatic nitrogens is 3. The minimum Gasteiger partial charge on any atom is -0.463 e. The van der Waals surface area contributed by atoms with Crippen LogP contribution in [0.15, 0.2) is 40.0 Å². The molecule has 3 rings (SSSR count). The summed E-state index contributed by atoms with van der Waals surface area (Å²) in [5.41, 5.74) is 0.546. The molecule has 1 N–H and O–H groups in total. The first-order chi connectivity index (χ1) is 12.8. The van der Waals surface area contributed by atoms with Crippen LogP contribution >= 0.6 is 11.3 Å². The Balaban J connectivity index is 1.70. The fraction of sp³-hybridized carbons (Fsp3) is 0.235. The first kappa shape index (κ1) is 18.5. The van der Waals surface area contributed by atoms with Crippen molar-refractivity contribution in [2.75, 3.05) is 19.4 Å². The second kappa shape index (κ2) is 7.54. The van der Waals surface area contributed by atoms with Gasteiger partial charge in [-0.1, -0.05) is 11.3 Å². The minimum atomic E-state index is -0.442. The summed E-state index contributed by atoms with van der Waals surface area (Å²) in [7, 11) is 3.29. The zero-order valence-electron chi connectivity index (χ0n) is 14.9. The van der Waals surface area contributed by atoms with Gasteiger partial charge in [-0.2, -0.15) is 0 Å². The van der Waals surface area contributed by atoms with Crippen LogP contribution in [0.25, 0.3) is 11.5 Å². The maximum Gasteiger partial charge on any atom is 0.265 e. The standard InChI is InChI=1S/C17H17N5O4S/c1-10-15(16(25)21(2)3)27-17(19-10)20-13(23)8-22-9-18-11(7-14(22)24)12-5-4-6-26-12/h4-7,9H,8H2,1-3H3,(H,19,20,23). The molecule has 27 heavy (non-hydrogen) atoms. The Hall–Kier alpha value is -3.27. The van der Waals surface area contributed by atoms with Gasteiger partial charge in [-0.3, -0.25) is 19.0 Å². The number of carbonyl (C=O) groups excluding carboxylic acids is 2. The highest BCUT2D eigenvalue weighted by Crippen LogP contribution is 2.23.